The van der Waals surface area contributed by atoms with Crippen LogP contribution >= 0.6 is 34.8 Å². The van der Waals surface area contributed by atoms with E-state index in [0.717, 1.165) is 5.56 Å². The summed E-state index contributed by atoms with van der Waals surface area (Å²) >= 11 is 17.5. The van der Waals surface area contributed by atoms with Crippen LogP contribution < -0.4 is 4.74 Å². The normalized spacial score (nSPS) is 10.1. The highest BCUT2D eigenvalue weighted by Gasteiger charge is 2.15. The molecule has 1 aromatic rings. The van der Waals surface area contributed by atoms with Gasteiger partial charge < -0.3 is 4.74 Å². The SMILES string of the molecule is CC(=O)Oc1c(Cl)cc(C)c(Cl)c1Cl. The smallest absolute Gasteiger partial charge is 0.308 e. The lowest BCUT2D eigenvalue weighted by molar-refractivity contribution is -0.131. The van der Waals surface area contributed by atoms with E-state index in [0.29, 0.717) is 5.02 Å². The van der Waals surface area contributed by atoms with Crippen molar-refractivity contribution in [1.82, 2.24) is 0 Å². The summed E-state index contributed by atoms with van der Waals surface area (Å²) < 4.78 is 4.82. The van der Waals surface area contributed by atoms with Crippen LogP contribution in [-0.4, -0.2) is 5.97 Å². The standard InChI is InChI=1S/C9H7Cl3O2/c1-4-3-6(10)9(14-5(2)13)8(12)7(4)11/h3H,1-2H3. The maximum Gasteiger partial charge on any atom is 0.308 e. The van der Waals surface area contributed by atoms with Gasteiger partial charge in [-0.25, -0.2) is 0 Å². The number of hydrogen-bond donors (Lipinski definition) is 0. The minimum atomic E-state index is -0.492. The average Bonchev–Trinajstić information content (AvgIpc) is 2.09. The van der Waals surface area contributed by atoms with Gasteiger partial charge in [-0.1, -0.05) is 34.8 Å². The molecule has 0 heterocycles. The van der Waals surface area contributed by atoms with Crippen LogP contribution in [0.4, 0.5) is 0 Å². The molecule has 0 aromatic heterocycles. The Kier molecular flexibility index (Phi) is 3.65. The van der Waals surface area contributed by atoms with Gasteiger partial charge in [-0.2, -0.15) is 0 Å². The van der Waals surface area contributed by atoms with Crippen molar-refractivity contribution in [3.63, 3.8) is 0 Å². The molecule has 0 aliphatic heterocycles. The number of halogens is 3. The van der Waals surface area contributed by atoms with E-state index < -0.39 is 5.97 Å². The first kappa shape index (κ1) is 11.6. The van der Waals surface area contributed by atoms with E-state index in [1.165, 1.54) is 6.92 Å². The van der Waals surface area contributed by atoms with E-state index in [9.17, 15) is 4.79 Å². The quantitative estimate of drug-likeness (QED) is 0.431. The molecule has 0 spiro atoms. The summed E-state index contributed by atoms with van der Waals surface area (Å²) in [4.78, 5) is 10.7. The van der Waals surface area contributed by atoms with Gasteiger partial charge in [0.1, 0.15) is 5.02 Å². The minimum Gasteiger partial charge on any atom is -0.423 e. The van der Waals surface area contributed by atoms with Crippen LogP contribution in [0.2, 0.25) is 15.1 Å². The number of carbonyl (C=O) groups is 1. The van der Waals surface area contributed by atoms with Crippen molar-refractivity contribution in [1.29, 1.82) is 0 Å². The number of hydrogen-bond acceptors (Lipinski definition) is 2. The molecule has 0 N–H and O–H groups in total. The molecule has 0 saturated carbocycles. The molecule has 0 radical (unpaired) electrons. The zero-order valence-corrected chi connectivity index (χ0v) is 9.80. The maximum absolute atomic E-state index is 10.7. The lowest BCUT2D eigenvalue weighted by atomic mass is 10.2. The van der Waals surface area contributed by atoms with Crippen LogP contribution in [0.5, 0.6) is 5.75 Å². The van der Waals surface area contributed by atoms with Gasteiger partial charge >= 0.3 is 5.97 Å². The van der Waals surface area contributed by atoms with Crippen LogP contribution in [0.3, 0.4) is 0 Å². The van der Waals surface area contributed by atoms with Gasteiger partial charge in [0.25, 0.3) is 0 Å². The zero-order chi connectivity index (χ0) is 10.9. The first-order chi connectivity index (χ1) is 6.43. The van der Waals surface area contributed by atoms with Crippen molar-refractivity contribution in [2.24, 2.45) is 0 Å². The Labute approximate surface area is 96.7 Å². The van der Waals surface area contributed by atoms with Crippen molar-refractivity contribution in [3.05, 3.63) is 26.7 Å². The largest absolute Gasteiger partial charge is 0.423 e. The lowest BCUT2D eigenvalue weighted by Gasteiger charge is -2.09. The first-order valence-corrected chi connectivity index (χ1v) is 4.89. The highest BCUT2D eigenvalue weighted by Crippen LogP contribution is 2.40. The average molecular weight is 254 g/mol. The van der Waals surface area contributed by atoms with Crippen LogP contribution in [-0.2, 0) is 4.79 Å². The van der Waals surface area contributed by atoms with Gasteiger partial charge in [0.15, 0.2) is 5.75 Å². The molecule has 5 heteroatoms. The molecule has 2 nitrogen and oxygen atoms in total. The summed E-state index contributed by atoms with van der Waals surface area (Å²) in [5.74, 6) is -0.384. The second kappa shape index (κ2) is 4.39. The third-order valence-electron chi connectivity index (χ3n) is 1.54. The van der Waals surface area contributed by atoms with Crippen LogP contribution in [0.1, 0.15) is 12.5 Å². The van der Waals surface area contributed by atoms with Crippen LogP contribution in [0.25, 0.3) is 0 Å². The molecule has 0 atom stereocenters. The summed E-state index contributed by atoms with van der Waals surface area (Å²) in [7, 11) is 0. The summed E-state index contributed by atoms with van der Waals surface area (Å²) in [6, 6.07) is 1.59. The van der Waals surface area contributed by atoms with Gasteiger partial charge in [-0.15, -0.1) is 0 Å². The number of rotatable bonds is 1. The Morgan fingerprint density at radius 3 is 2.36 bits per heavy atom. The number of carbonyl (C=O) groups excluding carboxylic acids is 1. The van der Waals surface area contributed by atoms with E-state index in [1.807, 2.05) is 0 Å². The summed E-state index contributed by atoms with van der Waals surface area (Å²) in [5.41, 5.74) is 0.734. The molecule has 0 bridgehead atoms. The lowest BCUT2D eigenvalue weighted by Crippen LogP contribution is -2.03. The molecule has 0 aliphatic rings. The first-order valence-electron chi connectivity index (χ1n) is 3.76. The van der Waals surface area contributed by atoms with Gasteiger partial charge in [0, 0.05) is 6.92 Å². The Morgan fingerprint density at radius 1 is 1.29 bits per heavy atom. The highest BCUT2D eigenvalue weighted by atomic mass is 35.5. The van der Waals surface area contributed by atoms with E-state index >= 15 is 0 Å². The molecular formula is C9H7Cl3O2. The molecule has 0 amide bonds. The molecule has 14 heavy (non-hydrogen) atoms. The second-order valence-corrected chi connectivity index (χ2v) is 3.89. The van der Waals surface area contributed by atoms with Crippen molar-refractivity contribution in [2.45, 2.75) is 13.8 Å². The number of benzene rings is 1. The summed E-state index contributed by atoms with van der Waals surface area (Å²) in [6.45, 7) is 3.03. The van der Waals surface area contributed by atoms with Crippen LogP contribution in [0.15, 0.2) is 6.07 Å². The van der Waals surface area contributed by atoms with Crippen molar-refractivity contribution >= 4 is 40.8 Å². The topological polar surface area (TPSA) is 26.3 Å². The van der Waals surface area contributed by atoms with E-state index in [2.05, 4.69) is 0 Å². The van der Waals surface area contributed by atoms with Gasteiger partial charge in [0.05, 0.1) is 10.0 Å². The van der Waals surface area contributed by atoms with Crippen molar-refractivity contribution in [3.8, 4) is 5.75 Å². The third kappa shape index (κ3) is 2.32. The fraction of sp³-hybridized carbons (Fsp3) is 0.222. The van der Waals surface area contributed by atoms with Gasteiger partial charge in [-0.3, -0.25) is 4.79 Å². The summed E-state index contributed by atoms with van der Waals surface area (Å²) in [5, 5.41) is 0.770. The number of ether oxygens (including phenoxy) is 1. The number of esters is 1. The number of aryl methyl sites for hydroxylation is 1. The van der Waals surface area contributed by atoms with E-state index in [4.69, 9.17) is 39.5 Å². The Bertz CT molecular complexity index is 388. The second-order valence-electron chi connectivity index (χ2n) is 2.73. The summed E-state index contributed by atoms with van der Waals surface area (Å²) in [6.07, 6.45) is 0. The van der Waals surface area contributed by atoms with E-state index in [-0.39, 0.29) is 15.8 Å². The molecule has 1 aromatic carbocycles. The molecular weight excluding hydrogens is 246 g/mol. The predicted octanol–water partition coefficient (Wildman–Crippen LogP) is 3.88. The highest BCUT2D eigenvalue weighted by molar-refractivity contribution is 6.45. The zero-order valence-electron chi connectivity index (χ0n) is 7.53. The molecule has 0 unspecified atom stereocenters. The molecule has 0 saturated heterocycles. The molecule has 0 fully saturated rings. The minimum absolute atomic E-state index is 0.108. The molecule has 1 rings (SSSR count). The maximum atomic E-state index is 10.7. The van der Waals surface area contributed by atoms with Crippen LogP contribution in [0, 0.1) is 6.92 Å². The Morgan fingerprint density at radius 2 is 1.86 bits per heavy atom. The fourth-order valence-electron chi connectivity index (χ4n) is 0.934. The third-order valence-corrected chi connectivity index (χ3v) is 2.77. The fourth-order valence-corrected chi connectivity index (χ4v) is 1.71. The van der Waals surface area contributed by atoms with Gasteiger partial charge in [-0.05, 0) is 18.6 Å². The molecule has 76 valence electrons. The Hall–Kier alpha value is -0.440. The predicted molar refractivity (Wildman–Crippen MR) is 57.5 cm³/mol. The van der Waals surface area contributed by atoms with Gasteiger partial charge in [0.2, 0.25) is 0 Å². The van der Waals surface area contributed by atoms with Crippen molar-refractivity contribution in [2.75, 3.05) is 0 Å². The molecule has 0 aliphatic carbocycles. The Balaban J connectivity index is 3.29. The van der Waals surface area contributed by atoms with E-state index in [1.54, 1.807) is 13.0 Å². The van der Waals surface area contributed by atoms with Crippen molar-refractivity contribution < 1.29 is 9.53 Å². The monoisotopic (exact) mass is 252 g/mol.